The van der Waals surface area contributed by atoms with Crippen molar-refractivity contribution in [1.29, 1.82) is 0 Å². The van der Waals surface area contributed by atoms with E-state index in [1.807, 2.05) is 0 Å². The summed E-state index contributed by atoms with van der Waals surface area (Å²) in [4.78, 5) is 10.1. The van der Waals surface area contributed by atoms with Crippen molar-refractivity contribution in [3.63, 3.8) is 0 Å². The normalized spacial score (nSPS) is 17.1. The highest BCUT2D eigenvalue weighted by Crippen LogP contribution is 1.99. The maximum absolute atomic E-state index is 10.1. The van der Waals surface area contributed by atoms with Crippen LogP contribution in [0.1, 0.15) is 0 Å². The molecule has 0 spiro atoms. The van der Waals surface area contributed by atoms with Crippen molar-refractivity contribution in [2.24, 2.45) is 0 Å². The maximum atomic E-state index is 10.1. The Morgan fingerprint density at radius 3 is 2.08 bits per heavy atom. The molecule has 0 aromatic carbocycles. The number of quaternary nitrogens is 1. The summed E-state index contributed by atoms with van der Waals surface area (Å²) in [7, 11) is 5.35. The smallest absolute Gasteiger partial charge is 0.134 e. The first-order valence-corrected chi connectivity index (χ1v) is 3.61. The predicted octanol–water partition coefficient (Wildman–Crippen LogP) is -2.84. The number of rotatable bonds is 4. The minimum atomic E-state index is -1.80. The van der Waals surface area contributed by atoms with Crippen molar-refractivity contribution in [3.05, 3.63) is 0 Å². The van der Waals surface area contributed by atoms with Crippen LogP contribution < -0.4 is 5.11 Å². The molecule has 0 unspecified atom stereocenters. The van der Waals surface area contributed by atoms with Gasteiger partial charge >= 0.3 is 0 Å². The molecule has 0 bridgehead atoms. The minimum Gasteiger partial charge on any atom is -0.547 e. The maximum Gasteiger partial charge on any atom is 0.134 e. The quantitative estimate of drug-likeness (QED) is 0.453. The lowest BCUT2D eigenvalue weighted by atomic mass is 10.2. The first-order valence-electron chi connectivity index (χ1n) is 3.61. The number of carboxylic acid groups (broad SMARTS) is 1. The van der Waals surface area contributed by atoms with Crippen LogP contribution in [0.5, 0.6) is 0 Å². The number of likely N-dealkylation sites (N-methyl/N-ethyl adjacent to an activating group) is 1. The van der Waals surface area contributed by atoms with Crippen LogP contribution in [-0.4, -0.2) is 60.6 Å². The van der Waals surface area contributed by atoms with E-state index in [9.17, 15) is 9.90 Å². The van der Waals surface area contributed by atoms with Gasteiger partial charge in [0.05, 0.1) is 27.1 Å². The standard InChI is InChI=1S/C7H15NO4/c1-8(2,3)4-5(9)6(10)7(11)12/h5-6,9-10H,4H2,1-3H3/t5-,6+/m1/s1. The fourth-order valence-electron chi connectivity index (χ4n) is 0.818. The highest BCUT2D eigenvalue weighted by atomic mass is 16.4. The summed E-state index contributed by atoms with van der Waals surface area (Å²) in [5.41, 5.74) is 0. The fraction of sp³-hybridized carbons (Fsp3) is 0.857. The van der Waals surface area contributed by atoms with Gasteiger partial charge in [0.1, 0.15) is 18.8 Å². The molecule has 0 saturated carbocycles. The van der Waals surface area contributed by atoms with Crippen molar-refractivity contribution in [2.45, 2.75) is 12.2 Å². The average Bonchev–Trinajstić information content (AvgIpc) is 1.82. The number of carboxylic acids is 1. The molecule has 0 amide bonds. The van der Waals surface area contributed by atoms with Gasteiger partial charge in [0.15, 0.2) is 0 Å². The second kappa shape index (κ2) is 3.84. The third-order valence-corrected chi connectivity index (χ3v) is 1.34. The Hall–Kier alpha value is -0.650. The van der Waals surface area contributed by atoms with Gasteiger partial charge < -0.3 is 24.6 Å². The molecule has 0 aliphatic carbocycles. The van der Waals surface area contributed by atoms with Gasteiger partial charge in [-0.1, -0.05) is 0 Å². The summed E-state index contributed by atoms with van der Waals surface area (Å²) in [6.07, 6.45) is -3.09. The van der Waals surface area contributed by atoms with Crippen LogP contribution >= 0.6 is 0 Å². The van der Waals surface area contributed by atoms with Crippen molar-refractivity contribution in [2.75, 3.05) is 27.7 Å². The lowest BCUT2D eigenvalue weighted by Gasteiger charge is -2.29. The van der Waals surface area contributed by atoms with Crippen LogP contribution in [-0.2, 0) is 4.79 Å². The number of hydrogen-bond acceptors (Lipinski definition) is 4. The van der Waals surface area contributed by atoms with E-state index in [1.54, 1.807) is 21.1 Å². The second-order valence-electron chi connectivity index (χ2n) is 3.80. The van der Waals surface area contributed by atoms with Gasteiger partial charge in [0.25, 0.3) is 0 Å². The third-order valence-electron chi connectivity index (χ3n) is 1.34. The number of carbonyl (C=O) groups is 1. The highest BCUT2D eigenvalue weighted by molar-refractivity contribution is 5.70. The van der Waals surface area contributed by atoms with E-state index in [0.29, 0.717) is 4.48 Å². The van der Waals surface area contributed by atoms with Crippen LogP contribution in [0.25, 0.3) is 0 Å². The molecule has 0 rings (SSSR count). The molecule has 0 saturated heterocycles. The van der Waals surface area contributed by atoms with Crippen LogP contribution in [0.15, 0.2) is 0 Å². The summed E-state index contributed by atoms with van der Waals surface area (Å²) in [6.45, 7) is 0.162. The lowest BCUT2D eigenvalue weighted by molar-refractivity contribution is -0.874. The molecule has 0 aromatic heterocycles. The first kappa shape index (κ1) is 11.4. The van der Waals surface area contributed by atoms with Crippen molar-refractivity contribution in [3.8, 4) is 0 Å². The molecule has 0 aliphatic heterocycles. The number of carbonyl (C=O) groups excluding carboxylic acids is 1. The number of aliphatic hydroxyl groups excluding tert-OH is 2. The predicted molar refractivity (Wildman–Crippen MR) is 39.9 cm³/mol. The Morgan fingerprint density at radius 2 is 1.83 bits per heavy atom. The summed E-state index contributed by atoms with van der Waals surface area (Å²) in [5, 5.41) is 28.1. The van der Waals surface area contributed by atoms with Gasteiger partial charge in [-0.15, -0.1) is 0 Å². The van der Waals surface area contributed by atoms with Crippen LogP contribution in [0, 0.1) is 0 Å². The molecule has 12 heavy (non-hydrogen) atoms. The molecule has 5 heteroatoms. The topological polar surface area (TPSA) is 80.6 Å². The van der Waals surface area contributed by atoms with Crippen molar-refractivity contribution in [1.82, 2.24) is 0 Å². The Kier molecular flexibility index (Phi) is 3.63. The number of aliphatic carboxylic acids is 1. The van der Waals surface area contributed by atoms with E-state index in [0.717, 1.165) is 0 Å². The van der Waals surface area contributed by atoms with Crippen LogP contribution in [0.2, 0.25) is 0 Å². The zero-order chi connectivity index (χ0) is 9.94. The molecule has 5 nitrogen and oxygen atoms in total. The summed E-state index contributed by atoms with van der Waals surface area (Å²) < 4.78 is 0.380. The van der Waals surface area contributed by atoms with E-state index in [2.05, 4.69) is 0 Å². The Morgan fingerprint density at radius 1 is 1.42 bits per heavy atom. The Labute approximate surface area is 71.4 Å². The molecule has 0 aromatic rings. The van der Waals surface area contributed by atoms with Gasteiger partial charge in [0.2, 0.25) is 0 Å². The van der Waals surface area contributed by atoms with Crippen molar-refractivity contribution < 1.29 is 24.6 Å². The number of hydrogen-bond donors (Lipinski definition) is 2. The van der Waals surface area contributed by atoms with Crippen LogP contribution in [0.3, 0.4) is 0 Å². The number of nitrogens with zero attached hydrogens (tertiary/aromatic N) is 1. The van der Waals surface area contributed by atoms with E-state index >= 15 is 0 Å². The average molecular weight is 177 g/mol. The van der Waals surface area contributed by atoms with Gasteiger partial charge in [-0.05, 0) is 0 Å². The zero-order valence-electron chi connectivity index (χ0n) is 7.52. The summed E-state index contributed by atoms with van der Waals surface area (Å²) in [6, 6.07) is 0. The zero-order valence-corrected chi connectivity index (χ0v) is 7.52. The van der Waals surface area contributed by atoms with Crippen molar-refractivity contribution >= 4 is 5.97 Å². The summed E-state index contributed by atoms with van der Waals surface area (Å²) in [5.74, 6) is -1.64. The van der Waals surface area contributed by atoms with E-state index in [4.69, 9.17) is 10.2 Å². The molecular weight excluding hydrogens is 162 g/mol. The minimum absolute atomic E-state index is 0.162. The molecule has 72 valence electrons. The highest BCUT2D eigenvalue weighted by Gasteiger charge is 2.23. The SMILES string of the molecule is C[N+](C)(C)C[C@@H](O)[C@H](O)C(=O)[O-]. The fourth-order valence-corrected chi connectivity index (χ4v) is 0.818. The van der Waals surface area contributed by atoms with E-state index in [1.165, 1.54) is 0 Å². The largest absolute Gasteiger partial charge is 0.547 e. The lowest BCUT2D eigenvalue weighted by Crippen LogP contribution is -2.51. The Balaban J connectivity index is 4.04. The van der Waals surface area contributed by atoms with E-state index < -0.39 is 18.2 Å². The third kappa shape index (κ3) is 4.27. The molecule has 2 atom stereocenters. The summed E-state index contributed by atoms with van der Waals surface area (Å²) >= 11 is 0. The van der Waals surface area contributed by atoms with Gasteiger partial charge in [-0.25, -0.2) is 0 Å². The van der Waals surface area contributed by atoms with E-state index in [-0.39, 0.29) is 6.54 Å². The second-order valence-corrected chi connectivity index (χ2v) is 3.80. The molecule has 2 N–H and O–H groups in total. The first-order chi connectivity index (χ1) is 5.24. The van der Waals surface area contributed by atoms with Gasteiger partial charge in [-0.2, -0.15) is 0 Å². The number of aliphatic hydroxyl groups is 2. The van der Waals surface area contributed by atoms with Gasteiger partial charge in [0, 0.05) is 0 Å². The van der Waals surface area contributed by atoms with Crippen LogP contribution in [0.4, 0.5) is 0 Å². The molecule has 0 aliphatic rings. The van der Waals surface area contributed by atoms with Gasteiger partial charge in [-0.3, -0.25) is 0 Å². The Bertz CT molecular complexity index is 163. The molecule has 0 fully saturated rings. The molecular formula is C7H15NO4. The molecule has 0 heterocycles. The monoisotopic (exact) mass is 177 g/mol. The molecule has 0 radical (unpaired) electrons.